The van der Waals surface area contributed by atoms with Gasteiger partial charge in [-0.25, -0.2) is 9.69 Å². The van der Waals surface area contributed by atoms with Gasteiger partial charge in [-0.3, -0.25) is 9.89 Å². The molecule has 0 aliphatic rings. The SMILES string of the molecule is CCCCCCCCCCCCC=CCCC(Cl)Cc1cc(O)n(N(c2ccccc2)c2[nH]n(-c3c(Cl)cc(Cl)cc3Cl)c(=O)c2N=Nc2cccc3ccccc23)c1O. The fourth-order valence-electron chi connectivity index (χ4n) is 7.35. The molecule has 0 aliphatic carbocycles. The molecule has 2 heterocycles. The first-order chi connectivity index (χ1) is 29.2. The Bertz CT molecular complexity index is 2410. The molecule has 0 saturated carbocycles. The second-order valence-corrected chi connectivity index (χ2v) is 16.9. The maximum atomic E-state index is 14.5. The molecule has 0 fully saturated rings. The Morgan fingerprint density at radius 3 is 2.12 bits per heavy atom. The van der Waals surface area contributed by atoms with E-state index in [0.717, 1.165) is 28.3 Å². The number of halogens is 4. The van der Waals surface area contributed by atoms with Gasteiger partial charge in [-0.15, -0.1) is 21.8 Å². The summed E-state index contributed by atoms with van der Waals surface area (Å²) in [5.74, 6) is -0.536. The standard InChI is InChI=1S/C47H52Cl4N6O3/c1-2-3-4-5-6-7-8-9-10-11-12-13-14-16-24-35(48)29-34-30-42(58)57(46(34)59)56(37-25-17-15-18-26-37)45-43(53-52-41-28-21-23-33-22-19-20-27-38(33)41)47(60)55(54-45)44-39(50)31-36(49)32-40(44)51/h13-15,17-23,25-28,30-32,35,54,58-59H,2-12,16,24,29H2,1H3. The van der Waals surface area contributed by atoms with E-state index in [1.165, 1.54) is 92.1 Å². The Balaban J connectivity index is 1.25. The summed E-state index contributed by atoms with van der Waals surface area (Å²) < 4.78 is 2.33. The zero-order valence-electron chi connectivity index (χ0n) is 33.8. The number of anilines is 2. The number of aromatic nitrogens is 3. The van der Waals surface area contributed by atoms with Crippen molar-refractivity contribution in [2.75, 3.05) is 5.01 Å². The molecule has 3 N–H and O–H groups in total. The molecule has 4 aromatic carbocycles. The second-order valence-electron chi connectivity index (χ2n) is 15.0. The minimum Gasteiger partial charge on any atom is -0.493 e. The zero-order chi connectivity index (χ0) is 42.4. The largest absolute Gasteiger partial charge is 0.493 e. The molecule has 6 rings (SSSR count). The molecule has 60 heavy (non-hydrogen) atoms. The summed E-state index contributed by atoms with van der Waals surface area (Å²) in [5.41, 5.74) is 0.710. The highest BCUT2D eigenvalue weighted by atomic mass is 35.5. The van der Waals surface area contributed by atoms with Gasteiger partial charge in [0.15, 0.2) is 11.5 Å². The van der Waals surface area contributed by atoms with Crippen LogP contribution in [0.1, 0.15) is 96.0 Å². The normalized spacial score (nSPS) is 12.3. The van der Waals surface area contributed by atoms with Crippen molar-refractivity contribution in [2.45, 2.75) is 102 Å². The van der Waals surface area contributed by atoms with Gasteiger partial charge in [0.05, 0.1) is 21.4 Å². The average molecular weight is 891 g/mol. The summed E-state index contributed by atoms with van der Waals surface area (Å²) in [6, 6.07) is 26.7. The van der Waals surface area contributed by atoms with Gasteiger partial charge in [-0.1, -0.05) is 166 Å². The van der Waals surface area contributed by atoms with Crippen LogP contribution in [-0.4, -0.2) is 30.0 Å². The van der Waals surface area contributed by atoms with E-state index in [0.29, 0.717) is 23.4 Å². The number of H-pyrrole nitrogens is 1. The van der Waals surface area contributed by atoms with Crippen LogP contribution in [0.5, 0.6) is 11.8 Å². The molecular weight excluding hydrogens is 838 g/mol. The fourth-order valence-corrected chi connectivity index (χ4v) is 8.63. The number of aromatic amines is 1. The van der Waals surface area contributed by atoms with Crippen LogP contribution in [-0.2, 0) is 6.42 Å². The molecule has 0 aliphatic heterocycles. The third kappa shape index (κ3) is 11.4. The number of hydrogen-bond acceptors (Lipinski definition) is 6. The van der Waals surface area contributed by atoms with Crippen LogP contribution in [0.4, 0.5) is 22.9 Å². The van der Waals surface area contributed by atoms with Gasteiger partial charge in [0.1, 0.15) is 5.69 Å². The van der Waals surface area contributed by atoms with Crippen LogP contribution in [0.15, 0.2) is 118 Å². The average Bonchev–Trinajstić information content (AvgIpc) is 3.69. The van der Waals surface area contributed by atoms with Gasteiger partial charge < -0.3 is 10.2 Å². The number of rotatable bonds is 22. The molecule has 2 aromatic heterocycles. The number of azo groups is 1. The highest BCUT2D eigenvalue weighted by Crippen LogP contribution is 2.41. The highest BCUT2D eigenvalue weighted by Gasteiger charge is 2.30. The van der Waals surface area contributed by atoms with Crippen LogP contribution in [0.2, 0.25) is 15.1 Å². The van der Waals surface area contributed by atoms with Crippen molar-refractivity contribution in [3.63, 3.8) is 0 Å². The topological polar surface area (TPSA) is 111 Å². The summed E-state index contributed by atoms with van der Waals surface area (Å²) in [4.78, 5) is 14.5. The van der Waals surface area contributed by atoms with Crippen LogP contribution in [0, 0.1) is 0 Å². The zero-order valence-corrected chi connectivity index (χ0v) is 36.9. The molecule has 0 saturated heterocycles. The van der Waals surface area contributed by atoms with E-state index in [4.69, 9.17) is 46.4 Å². The summed E-state index contributed by atoms with van der Waals surface area (Å²) in [7, 11) is 0. The quantitative estimate of drug-likeness (QED) is 0.0273. The van der Waals surface area contributed by atoms with Crippen molar-refractivity contribution in [3.05, 3.63) is 134 Å². The summed E-state index contributed by atoms with van der Waals surface area (Å²) >= 11 is 26.4. The maximum Gasteiger partial charge on any atom is 0.301 e. The number of benzene rings is 4. The summed E-state index contributed by atoms with van der Waals surface area (Å²) in [6.45, 7) is 2.26. The third-order valence-corrected chi connectivity index (χ3v) is 11.6. The van der Waals surface area contributed by atoms with Gasteiger partial charge >= 0.3 is 5.56 Å². The molecule has 0 spiro atoms. The van der Waals surface area contributed by atoms with Gasteiger partial charge in [0.25, 0.3) is 0 Å². The van der Waals surface area contributed by atoms with E-state index in [1.807, 2.05) is 42.5 Å². The van der Waals surface area contributed by atoms with Crippen LogP contribution < -0.4 is 10.6 Å². The van der Waals surface area contributed by atoms with Crippen LogP contribution >= 0.6 is 46.4 Å². The van der Waals surface area contributed by atoms with Gasteiger partial charge in [-0.05, 0) is 67.8 Å². The predicted octanol–water partition coefficient (Wildman–Crippen LogP) is 15.3. The van der Waals surface area contributed by atoms with E-state index >= 15 is 0 Å². The van der Waals surface area contributed by atoms with Crippen LogP contribution in [0.3, 0.4) is 0 Å². The monoisotopic (exact) mass is 888 g/mol. The minimum absolute atomic E-state index is 0.0417. The van der Waals surface area contributed by atoms with Crippen molar-refractivity contribution < 1.29 is 10.2 Å². The predicted molar refractivity (Wildman–Crippen MR) is 249 cm³/mol. The second kappa shape index (κ2) is 22.3. The Morgan fingerprint density at radius 2 is 1.40 bits per heavy atom. The van der Waals surface area contributed by atoms with Gasteiger partial charge in [0.2, 0.25) is 11.8 Å². The highest BCUT2D eigenvalue weighted by molar-refractivity contribution is 6.40. The number of unbranched alkanes of at least 4 members (excludes halogenated alkanes) is 10. The maximum absolute atomic E-state index is 14.5. The van der Waals surface area contributed by atoms with E-state index in [9.17, 15) is 15.0 Å². The molecule has 13 heteroatoms. The first-order valence-electron chi connectivity index (χ1n) is 20.8. The fraction of sp³-hybridized carbons (Fsp3) is 0.340. The number of fused-ring (bicyclic) bond motifs is 1. The van der Waals surface area contributed by atoms with Crippen molar-refractivity contribution in [1.29, 1.82) is 0 Å². The molecule has 316 valence electrons. The molecule has 0 bridgehead atoms. The summed E-state index contributed by atoms with van der Waals surface area (Å²) in [5, 5.41) is 39.0. The Hall–Kier alpha value is -4.67. The third-order valence-electron chi connectivity index (χ3n) is 10.5. The Kier molecular flexibility index (Phi) is 16.6. The lowest BCUT2D eigenvalue weighted by Gasteiger charge is -2.26. The number of allylic oxidation sites excluding steroid dienone is 2. The van der Waals surface area contributed by atoms with E-state index in [2.05, 4.69) is 34.4 Å². The molecule has 6 aromatic rings. The first-order valence-corrected chi connectivity index (χ1v) is 22.4. The Labute approximate surface area is 371 Å². The molecule has 0 amide bonds. The molecule has 9 nitrogen and oxygen atoms in total. The lowest BCUT2D eigenvalue weighted by molar-refractivity contribution is 0.377. The number of para-hydroxylation sites is 1. The lowest BCUT2D eigenvalue weighted by Crippen LogP contribution is -2.24. The van der Waals surface area contributed by atoms with Crippen LogP contribution in [0.25, 0.3) is 16.5 Å². The first kappa shape index (κ1) is 44.9. The lowest BCUT2D eigenvalue weighted by atomic mass is 10.1. The number of alkyl halides is 1. The van der Waals surface area contributed by atoms with Crippen molar-refractivity contribution in [1.82, 2.24) is 14.5 Å². The molecule has 0 radical (unpaired) electrons. The number of nitrogens with one attached hydrogen (secondary N) is 1. The minimum atomic E-state index is -0.658. The van der Waals surface area contributed by atoms with Crippen molar-refractivity contribution in [2.24, 2.45) is 10.2 Å². The van der Waals surface area contributed by atoms with E-state index in [-0.39, 0.29) is 55.8 Å². The number of nitrogens with zero attached hydrogens (tertiary/aromatic N) is 5. The van der Waals surface area contributed by atoms with Gasteiger partial charge in [-0.2, -0.15) is 4.68 Å². The summed E-state index contributed by atoms with van der Waals surface area (Å²) in [6.07, 6.45) is 20.4. The van der Waals surface area contributed by atoms with Gasteiger partial charge in [0, 0.05) is 27.4 Å². The molecule has 1 atom stereocenters. The van der Waals surface area contributed by atoms with E-state index < -0.39 is 5.56 Å². The number of aromatic hydroxyl groups is 2. The number of hydrogen-bond donors (Lipinski definition) is 3. The Morgan fingerprint density at radius 1 is 0.767 bits per heavy atom. The molecular formula is C47H52Cl4N6O3. The van der Waals surface area contributed by atoms with Crippen molar-refractivity contribution in [3.8, 4) is 17.4 Å². The van der Waals surface area contributed by atoms with E-state index in [1.54, 1.807) is 30.3 Å². The molecule has 1 unspecified atom stereocenters. The van der Waals surface area contributed by atoms with Crippen molar-refractivity contribution >= 4 is 80.1 Å². The smallest absolute Gasteiger partial charge is 0.301 e.